The molecule has 0 saturated carbocycles. The molecule has 0 amide bonds. The Morgan fingerprint density at radius 2 is 2.08 bits per heavy atom. The van der Waals surface area contributed by atoms with E-state index in [-0.39, 0.29) is 48.1 Å². The van der Waals surface area contributed by atoms with Crippen molar-refractivity contribution in [3.05, 3.63) is 35.6 Å². The molecule has 3 rings (SSSR count). The van der Waals surface area contributed by atoms with Crippen LogP contribution >= 0.6 is 24.8 Å². The summed E-state index contributed by atoms with van der Waals surface area (Å²) >= 11 is 0. The van der Waals surface area contributed by atoms with E-state index in [4.69, 9.17) is 4.74 Å². The smallest absolute Gasteiger partial charge is 0.322 e. The molecule has 1 spiro atoms. The van der Waals surface area contributed by atoms with Crippen molar-refractivity contribution in [3.63, 3.8) is 0 Å². The Hall–Kier alpha value is -0.880. The number of halogens is 3. The highest BCUT2D eigenvalue weighted by atomic mass is 35.5. The van der Waals surface area contributed by atoms with Crippen LogP contribution in [0.15, 0.2) is 24.3 Å². The predicted molar refractivity (Wildman–Crippen MR) is 101 cm³/mol. The second-order valence-electron chi connectivity index (χ2n) is 6.88. The number of nitrogens with zero attached hydrogens (tertiary/aromatic N) is 1. The zero-order chi connectivity index (χ0) is 16.3. The van der Waals surface area contributed by atoms with Gasteiger partial charge in [-0.3, -0.25) is 4.79 Å². The largest absolute Gasteiger partial charge is 0.468 e. The van der Waals surface area contributed by atoms with Crippen LogP contribution in [0.5, 0.6) is 0 Å². The van der Waals surface area contributed by atoms with Crippen LogP contribution in [-0.4, -0.2) is 50.2 Å². The topological polar surface area (TPSA) is 41.6 Å². The van der Waals surface area contributed by atoms with Crippen molar-refractivity contribution in [2.75, 3.05) is 33.3 Å². The fourth-order valence-electron chi connectivity index (χ4n) is 3.84. The Kier molecular flexibility index (Phi) is 8.61. The fraction of sp³-hybridized carbons (Fsp3) is 0.611. The van der Waals surface area contributed by atoms with Crippen LogP contribution in [0.1, 0.15) is 24.8 Å². The molecular weight excluding hydrogens is 366 g/mol. The highest BCUT2D eigenvalue weighted by Crippen LogP contribution is 2.39. The third kappa shape index (κ3) is 5.55. The van der Waals surface area contributed by atoms with Gasteiger partial charge in [0.2, 0.25) is 0 Å². The Morgan fingerprint density at radius 3 is 2.72 bits per heavy atom. The summed E-state index contributed by atoms with van der Waals surface area (Å²) < 4.78 is 18.0. The van der Waals surface area contributed by atoms with Gasteiger partial charge in [-0.1, -0.05) is 12.1 Å². The molecule has 25 heavy (non-hydrogen) atoms. The Bertz CT molecular complexity index is 566. The van der Waals surface area contributed by atoms with Gasteiger partial charge in [-0.05, 0) is 61.9 Å². The van der Waals surface area contributed by atoms with E-state index in [0.717, 1.165) is 57.4 Å². The lowest BCUT2D eigenvalue weighted by Crippen LogP contribution is -2.41. The number of hydrogen-bond donors (Lipinski definition) is 1. The van der Waals surface area contributed by atoms with Gasteiger partial charge in [0.1, 0.15) is 11.9 Å². The summed E-state index contributed by atoms with van der Waals surface area (Å²) in [5.74, 6) is -0.304. The molecule has 2 heterocycles. The minimum Gasteiger partial charge on any atom is -0.468 e. The SMILES string of the molecule is COC(=O)C1CC2(CCN(CCc3cccc(F)c3)CC2)CN1.Cl.Cl. The maximum Gasteiger partial charge on any atom is 0.322 e. The van der Waals surface area contributed by atoms with Crippen molar-refractivity contribution in [2.24, 2.45) is 5.41 Å². The summed E-state index contributed by atoms with van der Waals surface area (Å²) in [6, 6.07) is 6.72. The van der Waals surface area contributed by atoms with Gasteiger partial charge in [0.25, 0.3) is 0 Å². The first-order chi connectivity index (χ1) is 11.1. The van der Waals surface area contributed by atoms with E-state index in [2.05, 4.69) is 10.2 Å². The van der Waals surface area contributed by atoms with Crippen LogP contribution in [-0.2, 0) is 16.0 Å². The van der Waals surface area contributed by atoms with Crippen LogP contribution in [0.4, 0.5) is 4.39 Å². The van der Waals surface area contributed by atoms with Gasteiger partial charge in [0.05, 0.1) is 7.11 Å². The minimum absolute atomic E-state index is 0. The molecule has 2 saturated heterocycles. The van der Waals surface area contributed by atoms with Crippen molar-refractivity contribution < 1.29 is 13.9 Å². The van der Waals surface area contributed by atoms with Gasteiger partial charge >= 0.3 is 5.97 Å². The number of ether oxygens (including phenoxy) is 1. The molecule has 0 aromatic heterocycles. The molecular formula is C18H27Cl2FN2O2. The highest BCUT2D eigenvalue weighted by molar-refractivity contribution is 5.85. The van der Waals surface area contributed by atoms with E-state index in [9.17, 15) is 9.18 Å². The van der Waals surface area contributed by atoms with E-state index in [1.807, 2.05) is 6.07 Å². The summed E-state index contributed by atoms with van der Waals surface area (Å²) in [5, 5.41) is 3.31. The molecule has 1 N–H and O–H groups in total. The minimum atomic E-state index is -0.161. The molecule has 7 heteroatoms. The van der Waals surface area contributed by atoms with E-state index in [0.29, 0.717) is 0 Å². The maximum absolute atomic E-state index is 13.2. The molecule has 1 unspecified atom stereocenters. The maximum atomic E-state index is 13.2. The van der Waals surface area contributed by atoms with Crippen molar-refractivity contribution in [1.82, 2.24) is 10.2 Å². The average molecular weight is 393 g/mol. The van der Waals surface area contributed by atoms with E-state index < -0.39 is 0 Å². The number of rotatable bonds is 4. The number of benzene rings is 1. The van der Waals surface area contributed by atoms with Crippen LogP contribution < -0.4 is 5.32 Å². The van der Waals surface area contributed by atoms with E-state index >= 15 is 0 Å². The zero-order valence-electron chi connectivity index (χ0n) is 14.5. The molecule has 2 fully saturated rings. The molecule has 1 aromatic carbocycles. The van der Waals surface area contributed by atoms with Gasteiger partial charge in [-0.15, -0.1) is 24.8 Å². The van der Waals surface area contributed by atoms with Crippen LogP contribution in [0.2, 0.25) is 0 Å². The van der Waals surface area contributed by atoms with E-state index in [1.165, 1.54) is 13.2 Å². The summed E-state index contributed by atoms with van der Waals surface area (Å²) in [5.41, 5.74) is 1.30. The van der Waals surface area contributed by atoms with Crippen LogP contribution in [0, 0.1) is 11.2 Å². The molecule has 2 aliphatic rings. The Labute approximate surface area is 161 Å². The molecule has 1 atom stereocenters. The molecule has 142 valence electrons. The predicted octanol–water partition coefficient (Wildman–Crippen LogP) is 2.83. The third-order valence-corrected chi connectivity index (χ3v) is 5.37. The number of carbonyl (C=O) groups is 1. The summed E-state index contributed by atoms with van der Waals surface area (Å²) in [6.45, 7) is 3.97. The number of nitrogens with one attached hydrogen (secondary N) is 1. The highest BCUT2D eigenvalue weighted by Gasteiger charge is 2.43. The monoisotopic (exact) mass is 392 g/mol. The van der Waals surface area contributed by atoms with E-state index in [1.54, 1.807) is 12.1 Å². The van der Waals surface area contributed by atoms with Crippen molar-refractivity contribution in [2.45, 2.75) is 31.7 Å². The summed E-state index contributed by atoms with van der Waals surface area (Å²) in [7, 11) is 1.45. The first-order valence-electron chi connectivity index (χ1n) is 8.38. The molecule has 0 bridgehead atoms. The van der Waals surface area contributed by atoms with Crippen LogP contribution in [0.25, 0.3) is 0 Å². The molecule has 0 radical (unpaired) electrons. The third-order valence-electron chi connectivity index (χ3n) is 5.37. The van der Waals surface area contributed by atoms with Gasteiger partial charge in [-0.2, -0.15) is 0 Å². The van der Waals surface area contributed by atoms with Gasteiger partial charge in [-0.25, -0.2) is 4.39 Å². The number of piperidine rings is 1. The second kappa shape index (κ2) is 9.72. The first kappa shape index (κ1) is 22.2. The molecule has 2 aliphatic heterocycles. The number of esters is 1. The fourth-order valence-corrected chi connectivity index (χ4v) is 3.84. The molecule has 1 aromatic rings. The second-order valence-corrected chi connectivity index (χ2v) is 6.88. The lowest BCUT2D eigenvalue weighted by molar-refractivity contribution is -0.142. The van der Waals surface area contributed by atoms with Crippen molar-refractivity contribution >= 4 is 30.8 Å². The lowest BCUT2D eigenvalue weighted by Gasteiger charge is -2.39. The van der Waals surface area contributed by atoms with Gasteiger partial charge in [0.15, 0.2) is 0 Å². The zero-order valence-corrected chi connectivity index (χ0v) is 16.1. The Morgan fingerprint density at radius 1 is 1.36 bits per heavy atom. The summed E-state index contributed by atoms with van der Waals surface area (Å²) in [4.78, 5) is 14.1. The quantitative estimate of drug-likeness (QED) is 0.799. The normalized spacial score (nSPS) is 22.1. The molecule has 4 nitrogen and oxygen atoms in total. The van der Waals surface area contributed by atoms with Crippen molar-refractivity contribution in [3.8, 4) is 0 Å². The molecule has 0 aliphatic carbocycles. The lowest BCUT2D eigenvalue weighted by atomic mass is 9.76. The van der Waals surface area contributed by atoms with Gasteiger partial charge in [0, 0.05) is 13.1 Å². The number of hydrogen-bond acceptors (Lipinski definition) is 4. The summed E-state index contributed by atoms with van der Waals surface area (Å²) in [6.07, 6.45) is 3.98. The number of carbonyl (C=O) groups excluding carboxylic acids is 1. The average Bonchev–Trinajstić information content (AvgIpc) is 2.98. The number of methoxy groups -OCH3 is 1. The van der Waals surface area contributed by atoms with Crippen molar-refractivity contribution in [1.29, 1.82) is 0 Å². The van der Waals surface area contributed by atoms with Gasteiger partial charge < -0.3 is 15.0 Å². The first-order valence-corrected chi connectivity index (χ1v) is 8.38. The number of likely N-dealkylation sites (tertiary alicyclic amines) is 1. The van der Waals surface area contributed by atoms with Crippen LogP contribution in [0.3, 0.4) is 0 Å². The Balaban J connectivity index is 0.00000156. The standard InChI is InChI=1S/C18H25FN2O2.2ClH/c1-23-17(22)16-12-18(13-20-16)6-9-21(10-7-18)8-5-14-3-2-4-15(19)11-14;;/h2-4,11,16,20H,5-10,12-13H2,1H3;2*1H.